The molecule has 8 nitrogen and oxygen atoms in total. The molecule has 0 aliphatic carbocycles. The summed E-state index contributed by atoms with van der Waals surface area (Å²) in [5.74, 6) is -1.82. The first-order valence-electron chi connectivity index (χ1n) is 7.07. The van der Waals surface area contributed by atoms with Gasteiger partial charge in [-0.25, -0.2) is 4.79 Å². The highest BCUT2D eigenvalue weighted by molar-refractivity contribution is 5.94. The largest absolute Gasteiger partial charge is 0.507 e. The van der Waals surface area contributed by atoms with Crippen LogP contribution in [0.2, 0.25) is 0 Å². The molecule has 24 heavy (non-hydrogen) atoms. The molecule has 5 N–H and O–H groups in total. The summed E-state index contributed by atoms with van der Waals surface area (Å²) in [7, 11) is 0. The fourth-order valence-electron chi connectivity index (χ4n) is 1.84. The van der Waals surface area contributed by atoms with Crippen LogP contribution in [-0.4, -0.2) is 35.2 Å². The highest BCUT2D eigenvalue weighted by Crippen LogP contribution is 2.25. The van der Waals surface area contributed by atoms with Crippen molar-refractivity contribution >= 4 is 23.3 Å². The number of nitrogens with zero attached hydrogens (tertiary/aromatic N) is 2. The average molecular weight is 328 g/mol. The predicted octanol–water partition coefficient (Wildman–Crippen LogP) is 2.19. The van der Waals surface area contributed by atoms with Crippen molar-refractivity contribution in [2.24, 2.45) is 16.0 Å². The highest BCUT2D eigenvalue weighted by atomic mass is 16.4. The van der Waals surface area contributed by atoms with Gasteiger partial charge < -0.3 is 21.3 Å². The molecule has 8 heteroatoms. The number of amides is 1. The number of carboxylic acids is 1. The zero-order valence-corrected chi connectivity index (χ0v) is 12.6. The van der Waals surface area contributed by atoms with Crippen LogP contribution in [0.15, 0.2) is 52.7 Å². The van der Waals surface area contributed by atoms with Crippen LogP contribution in [0, 0.1) is 0 Å². The second-order valence-corrected chi connectivity index (χ2v) is 4.80. The van der Waals surface area contributed by atoms with Crippen LogP contribution in [0.3, 0.4) is 0 Å². The molecule has 1 amide bonds. The number of aromatic carboxylic acids is 1. The van der Waals surface area contributed by atoms with Crippen LogP contribution >= 0.6 is 0 Å². The van der Waals surface area contributed by atoms with Crippen molar-refractivity contribution < 1.29 is 19.8 Å². The topological polar surface area (TPSA) is 137 Å². The van der Waals surface area contributed by atoms with Crippen molar-refractivity contribution in [1.29, 1.82) is 0 Å². The number of rotatable bonds is 6. The first-order chi connectivity index (χ1) is 11.5. The standard InChI is InChI=1S/C16H16N4O4/c17-7-8-18-15(22)10-1-3-11(4-2-10)19-20-12-5-6-14(21)13(9-12)16(23)24/h1-6,9,21H,7-8,17H2,(H,18,22)(H,23,24)/b20-19+. The number of hydrogen-bond donors (Lipinski definition) is 4. The molecule has 0 saturated heterocycles. The zero-order valence-electron chi connectivity index (χ0n) is 12.6. The van der Waals surface area contributed by atoms with Gasteiger partial charge in [-0.05, 0) is 42.5 Å². The van der Waals surface area contributed by atoms with Crippen LogP contribution in [-0.2, 0) is 0 Å². The fourth-order valence-corrected chi connectivity index (χ4v) is 1.84. The number of carbonyl (C=O) groups excluding carboxylic acids is 1. The van der Waals surface area contributed by atoms with Gasteiger partial charge in [0.15, 0.2) is 0 Å². The van der Waals surface area contributed by atoms with E-state index in [2.05, 4.69) is 15.5 Å². The Labute approximate surface area is 137 Å². The second-order valence-electron chi connectivity index (χ2n) is 4.80. The molecular weight excluding hydrogens is 312 g/mol. The monoisotopic (exact) mass is 328 g/mol. The van der Waals surface area contributed by atoms with Crippen molar-refractivity contribution in [1.82, 2.24) is 5.32 Å². The minimum Gasteiger partial charge on any atom is -0.507 e. The van der Waals surface area contributed by atoms with E-state index in [1.165, 1.54) is 18.2 Å². The molecule has 0 aliphatic heterocycles. The van der Waals surface area contributed by atoms with E-state index >= 15 is 0 Å². The summed E-state index contributed by atoms with van der Waals surface area (Å²) in [5, 5.41) is 28.9. The molecule has 2 rings (SSSR count). The minimum absolute atomic E-state index is 0.228. The zero-order chi connectivity index (χ0) is 17.5. The van der Waals surface area contributed by atoms with Crippen molar-refractivity contribution in [3.63, 3.8) is 0 Å². The molecule has 0 heterocycles. The first-order valence-corrected chi connectivity index (χ1v) is 7.07. The maximum absolute atomic E-state index is 11.7. The molecule has 0 aromatic heterocycles. The maximum Gasteiger partial charge on any atom is 0.339 e. The highest BCUT2D eigenvalue weighted by Gasteiger charge is 2.10. The number of nitrogens with two attached hydrogens (primary N) is 1. The third-order valence-corrected chi connectivity index (χ3v) is 3.05. The van der Waals surface area contributed by atoms with Gasteiger partial charge in [0.1, 0.15) is 11.3 Å². The molecule has 0 atom stereocenters. The van der Waals surface area contributed by atoms with Crippen LogP contribution in [0.25, 0.3) is 0 Å². The van der Waals surface area contributed by atoms with Crippen molar-refractivity contribution in [2.75, 3.05) is 13.1 Å². The Balaban J connectivity index is 2.11. The lowest BCUT2D eigenvalue weighted by Crippen LogP contribution is -2.28. The molecule has 0 aliphatic rings. The van der Waals surface area contributed by atoms with Gasteiger partial charge in [0.25, 0.3) is 5.91 Å². The SMILES string of the molecule is NCCNC(=O)c1ccc(/N=N/c2ccc(O)c(C(=O)O)c2)cc1. The number of phenols is 1. The molecule has 0 fully saturated rings. The molecule has 2 aromatic rings. The molecular formula is C16H16N4O4. The van der Waals surface area contributed by atoms with E-state index in [-0.39, 0.29) is 22.9 Å². The van der Waals surface area contributed by atoms with Gasteiger partial charge >= 0.3 is 5.97 Å². The van der Waals surface area contributed by atoms with Gasteiger partial charge in [-0.1, -0.05) is 0 Å². The summed E-state index contributed by atoms with van der Waals surface area (Å²) in [6.45, 7) is 0.760. The number of carbonyl (C=O) groups is 2. The van der Waals surface area contributed by atoms with Gasteiger partial charge in [-0.2, -0.15) is 10.2 Å². The lowest BCUT2D eigenvalue weighted by Gasteiger charge is -2.03. The average Bonchev–Trinajstić information content (AvgIpc) is 2.59. The number of aromatic hydroxyl groups is 1. The molecule has 0 unspecified atom stereocenters. The summed E-state index contributed by atoms with van der Waals surface area (Å²) < 4.78 is 0. The van der Waals surface area contributed by atoms with Crippen LogP contribution in [0.1, 0.15) is 20.7 Å². The molecule has 0 saturated carbocycles. The number of hydrogen-bond acceptors (Lipinski definition) is 6. The predicted molar refractivity (Wildman–Crippen MR) is 87.1 cm³/mol. The summed E-state index contributed by atoms with van der Waals surface area (Å²) in [5.41, 5.74) is 6.32. The Morgan fingerprint density at radius 3 is 2.29 bits per heavy atom. The lowest BCUT2D eigenvalue weighted by molar-refractivity contribution is 0.0693. The van der Waals surface area contributed by atoms with E-state index in [1.54, 1.807) is 24.3 Å². The molecule has 124 valence electrons. The summed E-state index contributed by atoms with van der Waals surface area (Å²) in [4.78, 5) is 22.7. The Morgan fingerprint density at radius 2 is 1.67 bits per heavy atom. The van der Waals surface area contributed by atoms with E-state index in [9.17, 15) is 14.7 Å². The summed E-state index contributed by atoms with van der Waals surface area (Å²) in [6.07, 6.45) is 0. The van der Waals surface area contributed by atoms with E-state index in [1.807, 2.05) is 0 Å². The van der Waals surface area contributed by atoms with Crippen LogP contribution < -0.4 is 11.1 Å². The van der Waals surface area contributed by atoms with E-state index in [0.717, 1.165) is 0 Å². The van der Waals surface area contributed by atoms with Crippen molar-refractivity contribution in [3.8, 4) is 5.75 Å². The van der Waals surface area contributed by atoms with Crippen molar-refractivity contribution in [3.05, 3.63) is 53.6 Å². The Kier molecular flexibility index (Phi) is 5.58. The van der Waals surface area contributed by atoms with Gasteiger partial charge in [0.05, 0.1) is 11.4 Å². The van der Waals surface area contributed by atoms with Crippen LogP contribution in [0.4, 0.5) is 11.4 Å². The first kappa shape index (κ1) is 17.1. The Hall–Kier alpha value is -3.26. The molecule has 0 bridgehead atoms. The van der Waals surface area contributed by atoms with Gasteiger partial charge in [-0.3, -0.25) is 4.79 Å². The van der Waals surface area contributed by atoms with Gasteiger partial charge in [0, 0.05) is 18.7 Å². The molecule has 0 spiro atoms. The molecule has 2 aromatic carbocycles. The Morgan fingerprint density at radius 1 is 1.04 bits per heavy atom. The van der Waals surface area contributed by atoms with E-state index < -0.39 is 5.97 Å². The number of benzene rings is 2. The minimum atomic E-state index is -1.25. The van der Waals surface area contributed by atoms with Gasteiger partial charge in [0.2, 0.25) is 0 Å². The third kappa shape index (κ3) is 4.37. The summed E-state index contributed by atoms with van der Waals surface area (Å²) >= 11 is 0. The number of azo groups is 1. The second kappa shape index (κ2) is 7.84. The van der Waals surface area contributed by atoms with Crippen LogP contribution in [0.5, 0.6) is 5.75 Å². The molecule has 0 radical (unpaired) electrons. The maximum atomic E-state index is 11.7. The number of nitrogens with one attached hydrogen (secondary N) is 1. The van der Waals surface area contributed by atoms with Crippen molar-refractivity contribution in [2.45, 2.75) is 0 Å². The summed E-state index contributed by atoms with van der Waals surface area (Å²) in [6, 6.07) is 10.3. The Bertz CT molecular complexity index is 772. The van der Waals surface area contributed by atoms with E-state index in [0.29, 0.717) is 24.3 Å². The lowest BCUT2D eigenvalue weighted by atomic mass is 10.2. The normalized spacial score (nSPS) is 10.7. The third-order valence-electron chi connectivity index (χ3n) is 3.05. The quantitative estimate of drug-likeness (QED) is 0.602. The van der Waals surface area contributed by atoms with Gasteiger partial charge in [-0.15, -0.1) is 0 Å². The van der Waals surface area contributed by atoms with E-state index in [4.69, 9.17) is 10.8 Å². The smallest absolute Gasteiger partial charge is 0.339 e. The fraction of sp³-hybridized carbons (Fsp3) is 0.125. The number of carboxylic acid groups (broad SMARTS) is 1.